The number of rotatable bonds is 5. The third kappa shape index (κ3) is 4.02. The lowest BCUT2D eigenvalue weighted by Crippen LogP contribution is -2.29. The Bertz CT molecular complexity index is 1290. The number of hydrogen-bond acceptors (Lipinski definition) is 2. The van der Waals surface area contributed by atoms with Crippen LogP contribution >= 0.6 is 12.2 Å². The van der Waals surface area contributed by atoms with Crippen molar-refractivity contribution in [2.45, 2.75) is 32.5 Å². The van der Waals surface area contributed by atoms with Crippen molar-refractivity contribution in [3.8, 4) is 5.69 Å². The standard InChI is InChI=1S/C27H25FN4S/c1-18-15-23(19(2)32(18)22-12-8-11-21(28)16-22)26-25(24-13-6-7-14-29-24)30-27(33)31(26)17-20-9-4-3-5-10-20/h3-16,25-26H,17H2,1-2H3,(H,30,33)/t25-,26-/m0/s1. The molecule has 1 aliphatic heterocycles. The number of halogens is 1. The van der Waals surface area contributed by atoms with E-state index in [1.54, 1.807) is 12.1 Å². The van der Waals surface area contributed by atoms with Crippen LogP contribution < -0.4 is 5.32 Å². The fraction of sp³-hybridized carbons (Fsp3) is 0.185. The number of thiocarbonyl (C=S) groups is 1. The van der Waals surface area contributed by atoms with Crippen molar-refractivity contribution in [1.82, 2.24) is 19.8 Å². The monoisotopic (exact) mass is 456 g/mol. The quantitative estimate of drug-likeness (QED) is 0.385. The van der Waals surface area contributed by atoms with E-state index in [0.29, 0.717) is 11.7 Å². The summed E-state index contributed by atoms with van der Waals surface area (Å²) in [5.74, 6) is -0.248. The van der Waals surface area contributed by atoms with Gasteiger partial charge >= 0.3 is 0 Å². The molecule has 0 aliphatic carbocycles. The molecule has 1 fully saturated rings. The van der Waals surface area contributed by atoms with Gasteiger partial charge in [0.15, 0.2) is 5.11 Å². The van der Waals surface area contributed by atoms with E-state index in [-0.39, 0.29) is 17.9 Å². The van der Waals surface area contributed by atoms with E-state index in [9.17, 15) is 4.39 Å². The molecule has 0 spiro atoms. The molecular formula is C27H25FN4S. The van der Waals surface area contributed by atoms with Crippen LogP contribution in [0.1, 0.15) is 40.3 Å². The van der Waals surface area contributed by atoms with Gasteiger partial charge in [0.25, 0.3) is 0 Å². The van der Waals surface area contributed by atoms with Gasteiger partial charge in [0.2, 0.25) is 0 Å². The highest BCUT2D eigenvalue weighted by molar-refractivity contribution is 7.80. The summed E-state index contributed by atoms with van der Waals surface area (Å²) in [5.41, 5.74) is 6.20. The lowest BCUT2D eigenvalue weighted by Gasteiger charge is -2.28. The molecule has 0 saturated carbocycles. The molecule has 2 aromatic heterocycles. The first-order valence-electron chi connectivity index (χ1n) is 11.0. The molecule has 0 amide bonds. The minimum Gasteiger partial charge on any atom is -0.352 e. The summed E-state index contributed by atoms with van der Waals surface area (Å²) in [4.78, 5) is 6.87. The summed E-state index contributed by atoms with van der Waals surface area (Å²) in [6.45, 7) is 4.83. The van der Waals surface area contributed by atoms with Crippen LogP contribution in [0.3, 0.4) is 0 Å². The smallest absolute Gasteiger partial charge is 0.170 e. The molecule has 1 aliphatic rings. The molecule has 33 heavy (non-hydrogen) atoms. The topological polar surface area (TPSA) is 33.1 Å². The van der Waals surface area contributed by atoms with Gasteiger partial charge in [-0.3, -0.25) is 4.98 Å². The van der Waals surface area contributed by atoms with Crippen molar-refractivity contribution in [2.24, 2.45) is 0 Å². The van der Waals surface area contributed by atoms with Crippen molar-refractivity contribution >= 4 is 17.3 Å². The average molecular weight is 457 g/mol. The number of aromatic nitrogens is 2. The van der Waals surface area contributed by atoms with Crippen molar-refractivity contribution in [1.29, 1.82) is 0 Å². The molecule has 3 heterocycles. The summed E-state index contributed by atoms with van der Waals surface area (Å²) in [6, 6.07) is 25.0. The van der Waals surface area contributed by atoms with Gasteiger partial charge < -0.3 is 14.8 Å². The second-order valence-electron chi connectivity index (χ2n) is 8.38. The summed E-state index contributed by atoms with van der Waals surface area (Å²) in [6.07, 6.45) is 1.81. The van der Waals surface area contributed by atoms with Gasteiger partial charge in [-0.15, -0.1) is 0 Å². The van der Waals surface area contributed by atoms with Crippen LogP contribution in [0.15, 0.2) is 85.1 Å². The molecule has 0 bridgehead atoms. The van der Waals surface area contributed by atoms with E-state index in [4.69, 9.17) is 12.2 Å². The van der Waals surface area contributed by atoms with Crippen LogP contribution in [0, 0.1) is 19.7 Å². The molecule has 5 rings (SSSR count). The van der Waals surface area contributed by atoms with E-state index in [1.807, 2.05) is 48.7 Å². The van der Waals surface area contributed by atoms with Crippen molar-refractivity contribution in [2.75, 3.05) is 0 Å². The number of aryl methyl sites for hydroxylation is 1. The number of pyridine rings is 1. The maximum Gasteiger partial charge on any atom is 0.170 e. The molecule has 2 atom stereocenters. The Morgan fingerprint density at radius 3 is 2.48 bits per heavy atom. The Hall–Kier alpha value is -3.51. The fourth-order valence-corrected chi connectivity index (χ4v) is 5.10. The van der Waals surface area contributed by atoms with Crippen LogP contribution in [0.4, 0.5) is 4.39 Å². The molecular weight excluding hydrogens is 431 g/mol. The summed E-state index contributed by atoms with van der Waals surface area (Å²) >= 11 is 5.82. The normalized spacial score (nSPS) is 17.9. The molecule has 6 heteroatoms. The molecule has 166 valence electrons. The van der Waals surface area contributed by atoms with Crippen molar-refractivity contribution in [3.05, 3.63) is 119 Å². The summed E-state index contributed by atoms with van der Waals surface area (Å²) < 4.78 is 16.1. The number of nitrogens with one attached hydrogen (secondary N) is 1. The first-order valence-corrected chi connectivity index (χ1v) is 11.4. The van der Waals surface area contributed by atoms with Gasteiger partial charge in [0.1, 0.15) is 5.82 Å². The van der Waals surface area contributed by atoms with E-state index in [0.717, 1.165) is 28.3 Å². The Kier molecular flexibility index (Phi) is 5.68. The fourth-order valence-electron chi connectivity index (χ4n) is 4.79. The van der Waals surface area contributed by atoms with Crippen LogP contribution in [-0.2, 0) is 6.54 Å². The predicted molar refractivity (Wildman–Crippen MR) is 133 cm³/mol. The molecule has 0 radical (unpaired) electrons. The number of nitrogens with zero attached hydrogens (tertiary/aromatic N) is 3. The third-order valence-corrected chi connectivity index (χ3v) is 6.60. The zero-order valence-electron chi connectivity index (χ0n) is 18.6. The van der Waals surface area contributed by atoms with Gasteiger partial charge in [-0.05, 0) is 73.6 Å². The van der Waals surface area contributed by atoms with E-state index < -0.39 is 0 Å². The molecule has 1 N–H and O–H groups in total. The van der Waals surface area contributed by atoms with E-state index in [1.165, 1.54) is 11.6 Å². The molecule has 4 aromatic rings. The van der Waals surface area contributed by atoms with Gasteiger partial charge in [-0.1, -0.05) is 42.5 Å². The minimum atomic E-state index is -0.248. The van der Waals surface area contributed by atoms with Crippen molar-refractivity contribution < 1.29 is 4.39 Å². The van der Waals surface area contributed by atoms with Gasteiger partial charge in [-0.25, -0.2) is 4.39 Å². The third-order valence-electron chi connectivity index (χ3n) is 6.25. The van der Waals surface area contributed by atoms with Crippen molar-refractivity contribution in [3.63, 3.8) is 0 Å². The highest BCUT2D eigenvalue weighted by Gasteiger charge is 2.41. The molecule has 0 unspecified atom stereocenters. The maximum absolute atomic E-state index is 14.0. The van der Waals surface area contributed by atoms with Gasteiger partial charge in [-0.2, -0.15) is 0 Å². The van der Waals surface area contributed by atoms with Crippen LogP contribution in [-0.4, -0.2) is 19.6 Å². The maximum atomic E-state index is 14.0. The highest BCUT2D eigenvalue weighted by Crippen LogP contribution is 2.42. The van der Waals surface area contributed by atoms with Gasteiger partial charge in [0, 0.05) is 29.8 Å². The first-order chi connectivity index (χ1) is 16.0. The lowest BCUT2D eigenvalue weighted by atomic mass is 9.96. The second-order valence-corrected chi connectivity index (χ2v) is 8.77. The first kappa shape index (κ1) is 21.3. The largest absolute Gasteiger partial charge is 0.352 e. The predicted octanol–water partition coefficient (Wildman–Crippen LogP) is 5.80. The highest BCUT2D eigenvalue weighted by atomic mass is 32.1. The van der Waals surface area contributed by atoms with E-state index >= 15 is 0 Å². The van der Waals surface area contributed by atoms with Crippen LogP contribution in [0.5, 0.6) is 0 Å². The lowest BCUT2D eigenvalue weighted by molar-refractivity contribution is 0.310. The minimum absolute atomic E-state index is 0.0545. The Labute approximate surface area is 198 Å². The number of benzene rings is 2. The second kappa shape index (κ2) is 8.79. The zero-order chi connectivity index (χ0) is 22.9. The average Bonchev–Trinajstić information content (AvgIpc) is 3.30. The number of hydrogen-bond donors (Lipinski definition) is 1. The SMILES string of the molecule is Cc1cc([C@H]2[C@H](c3ccccn3)NC(=S)N2Cc2ccccc2)c(C)n1-c1cccc(F)c1. The zero-order valence-corrected chi connectivity index (χ0v) is 19.4. The molecule has 4 nitrogen and oxygen atoms in total. The molecule has 2 aromatic carbocycles. The van der Waals surface area contributed by atoms with Crippen LogP contribution in [0.2, 0.25) is 0 Å². The summed E-state index contributed by atoms with van der Waals surface area (Å²) in [7, 11) is 0. The van der Waals surface area contributed by atoms with E-state index in [2.05, 4.69) is 51.8 Å². The van der Waals surface area contributed by atoms with Crippen LogP contribution in [0.25, 0.3) is 5.69 Å². The Balaban J connectivity index is 1.62. The van der Waals surface area contributed by atoms with Gasteiger partial charge in [0.05, 0.1) is 17.8 Å². The molecule has 1 saturated heterocycles. The Morgan fingerprint density at radius 2 is 1.76 bits per heavy atom. The summed E-state index contributed by atoms with van der Waals surface area (Å²) in [5, 5.41) is 4.22. The Morgan fingerprint density at radius 1 is 0.970 bits per heavy atom.